The topological polar surface area (TPSA) is 54.0 Å². The van der Waals surface area contributed by atoms with Crippen molar-refractivity contribution < 1.29 is 28.1 Å². The van der Waals surface area contributed by atoms with Crippen molar-refractivity contribution in [3.63, 3.8) is 0 Å². The number of rotatable bonds is 4. The normalized spacial score (nSPS) is 15.7. The molecule has 5 rings (SSSR count). The van der Waals surface area contributed by atoms with Gasteiger partial charge in [-0.1, -0.05) is 33.6 Å². The van der Waals surface area contributed by atoms with Gasteiger partial charge in [-0.2, -0.15) is 0 Å². The van der Waals surface area contributed by atoms with Crippen molar-refractivity contribution in [3.05, 3.63) is 91.9 Å². The number of ether oxygens (including phenoxy) is 4. The van der Waals surface area contributed by atoms with Crippen molar-refractivity contribution in [1.82, 2.24) is 0 Å². The highest BCUT2D eigenvalue weighted by molar-refractivity contribution is 9.10. The van der Waals surface area contributed by atoms with Crippen LogP contribution in [-0.2, 0) is 18.0 Å². The molecule has 0 bridgehead atoms. The lowest BCUT2D eigenvalue weighted by atomic mass is 10.1. The third kappa shape index (κ3) is 3.99. The van der Waals surface area contributed by atoms with Crippen LogP contribution in [0.2, 0.25) is 5.02 Å². The molecule has 0 saturated carbocycles. The van der Waals surface area contributed by atoms with Crippen LogP contribution >= 0.6 is 27.5 Å². The molecule has 0 aromatic heterocycles. The molecule has 5 nitrogen and oxygen atoms in total. The fourth-order valence-corrected chi connectivity index (χ4v) is 4.28. The Balaban J connectivity index is 1.39. The SMILES string of the molecule is O=C1/C(=C/c2cc(Br)cc3c2OCOC3)Oc2cc(OCc3c(F)cccc3Cl)ccc21. The zero-order valence-corrected chi connectivity index (χ0v) is 18.8. The number of ketones is 1. The Morgan fingerprint density at radius 3 is 2.91 bits per heavy atom. The number of hydrogen-bond donors (Lipinski definition) is 0. The van der Waals surface area contributed by atoms with E-state index in [0.717, 1.165) is 10.0 Å². The average molecular weight is 518 g/mol. The molecule has 0 unspecified atom stereocenters. The molecular weight excluding hydrogens is 503 g/mol. The minimum absolute atomic E-state index is 0.0511. The molecule has 0 atom stereocenters. The minimum atomic E-state index is -0.444. The number of halogens is 3. The largest absolute Gasteiger partial charge is 0.489 e. The zero-order chi connectivity index (χ0) is 22.2. The van der Waals surface area contributed by atoms with Gasteiger partial charge in [0.2, 0.25) is 5.78 Å². The van der Waals surface area contributed by atoms with Gasteiger partial charge in [0.15, 0.2) is 12.6 Å². The smallest absolute Gasteiger partial charge is 0.231 e. The van der Waals surface area contributed by atoms with Gasteiger partial charge in [0.25, 0.3) is 0 Å². The first-order valence-corrected chi connectivity index (χ1v) is 10.8. The van der Waals surface area contributed by atoms with Crippen LogP contribution in [0.25, 0.3) is 6.08 Å². The van der Waals surface area contributed by atoms with Gasteiger partial charge in [0.1, 0.15) is 29.7 Å². The Labute approximate surface area is 196 Å². The molecule has 0 amide bonds. The van der Waals surface area contributed by atoms with Crippen molar-refractivity contribution in [2.75, 3.05) is 6.79 Å². The molecular formula is C24H15BrClFO5. The second-order valence-corrected chi connectivity index (χ2v) is 8.50. The van der Waals surface area contributed by atoms with Crippen molar-refractivity contribution in [3.8, 4) is 17.2 Å². The second-order valence-electron chi connectivity index (χ2n) is 7.18. The molecule has 8 heteroatoms. The predicted octanol–water partition coefficient (Wildman–Crippen LogP) is 6.30. The molecule has 0 fully saturated rings. The maximum absolute atomic E-state index is 14.0. The van der Waals surface area contributed by atoms with Gasteiger partial charge in [0.05, 0.1) is 17.2 Å². The van der Waals surface area contributed by atoms with Crippen molar-refractivity contribution in [1.29, 1.82) is 0 Å². The third-order valence-electron chi connectivity index (χ3n) is 5.08. The van der Waals surface area contributed by atoms with E-state index in [1.54, 1.807) is 30.3 Å². The van der Waals surface area contributed by atoms with E-state index in [0.29, 0.717) is 35.0 Å². The molecule has 2 aliphatic rings. The maximum Gasteiger partial charge on any atom is 0.231 e. The van der Waals surface area contributed by atoms with Crippen LogP contribution in [0.1, 0.15) is 27.0 Å². The minimum Gasteiger partial charge on any atom is -0.489 e. The van der Waals surface area contributed by atoms with E-state index >= 15 is 0 Å². The summed E-state index contributed by atoms with van der Waals surface area (Å²) in [5.74, 6) is 0.934. The number of carbonyl (C=O) groups is 1. The van der Waals surface area contributed by atoms with Gasteiger partial charge < -0.3 is 18.9 Å². The second kappa shape index (κ2) is 8.58. The molecule has 0 N–H and O–H groups in total. The highest BCUT2D eigenvalue weighted by Crippen LogP contribution is 2.38. The van der Waals surface area contributed by atoms with Crippen LogP contribution in [0, 0.1) is 5.82 Å². The molecule has 32 heavy (non-hydrogen) atoms. The number of allylic oxidation sites excluding steroid dienone is 1. The quantitative estimate of drug-likeness (QED) is 0.380. The summed E-state index contributed by atoms with van der Waals surface area (Å²) >= 11 is 9.52. The Bertz CT molecular complexity index is 1250. The van der Waals surface area contributed by atoms with Gasteiger partial charge in [-0.15, -0.1) is 0 Å². The number of Topliss-reactive ketones (excluding diaryl/α,β-unsaturated/α-hetero) is 1. The monoisotopic (exact) mass is 516 g/mol. The van der Waals surface area contributed by atoms with Gasteiger partial charge in [0, 0.05) is 27.2 Å². The summed E-state index contributed by atoms with van der Waals surface area (Å²) < 4.78 is 37.3. The summed E-state index contributed by atoms with van der Waals surface area (Å²) in [5, 5.41) is 0.285. The summed E-state index contributed by atoms with van der Waals surface area (Å²) in [6, 6.07) is 13.1. The maximum atomic E-state index is 14.0. The first-order chi connectivity index (χ1) is 15.5. The average Bonchev–Trinajstić information content (AvgIpc) is 3.08. The third-order valence-corrected chi connectivity index (χ3v) is 5.89. The van der Waals surface area contributed by atoms with Gasteiger partial charge >= 0.3 is 0 Å². The molecule has 0 aliphatic carbocycles. The van der Waals surface area contributed by atoms with Crippen LogP contribution in [-0.4, -0.2) is 12.6 Å². The molecule has 3 aromatic rings. The van der Waals surface area contributed by atoms with Crippen LogP contribution in [0.15, 0.2) is 58.8 Å². The summed E-state index contributed by atoms with van der Waals surface area (Å²) in [7, 11) is 0. The molecule has 2 aliphatic heterocycles. The van der Waals surface area contributed by atoms with Crippen molar-refractivity contribution in [2.45, 2.75) is 13.2 Å². The van der Waals surface area contributed by atoms with Crippen molar-refractivity contribution >= 4 is 39.4 Å². The van der Waals surface area contributed by atoms with E-state index in [4.69, 9.17) is 30.5 Å². The first-order valence-electron chi connectivity index (χ1n) is 9.66. The fourth-order valence-electron chi connectivity index (χ4n) is 3.54. The fraction of sp³-hybridized carbons (Fsp3) is 0.125. The zero-order valence-electron chi connectivity index (χ0n) is 16.5. The highest BCUT2D eigenvalue weighted by Gasteiger charge is 2.29. The Morgan fingerprint density at radius 1 is 1.19 bits per heavy atom. The van der Waals surface area contributed by atoms with Crippen molar-refractivity contribution in [2.24, 2.45) is 0 Å². The molecule has 0 spiro atoms. The molecule has 0 saturated heterocycles. The van der Waals surface area contributed by atoms with Crippen LogP contribution in [0.4, 0.5) is 4.39 Å². The Kier molecular flexibility index (Phi) is 5.63. The highest BCUT2D eigenvalue weighted by atomic mass is 79.9. The summed E-state index contributed by atoms with van der Waals surface area (Å²) in [6.45, 7) is 0.518. The Hall–Kier alpha value is -2.87. The van der Waals surface area contributed by atoms with E-state index in [2.05, 4.69) is 15.9 Å². The molecule has 0 radical (unpaired) electrons. The van der Waals surface area contributed by atoms with Gasteiger partial charge in [-0.25, -0.2) is 4.39 Å². The van der Waals surface area contributed by atoms with E-state index < -0.39 is 5.82 Å². The molecule has 3 aromatic carbocycles. The van der Waals surface area contributed by atoms with Gasteiger partial charge in [-0.05, 0) is 42.5 Å². The number of hydrogen-bond acceptors (Lipinski definition) is 5. The van der Waals surface area contributed by atoms with Crippen LogP contribution in [0.3, 0.4) is 0 Å². The molecule has 2 heterocycles. The summed E-state index contributed by atoms with van der Waals surface area (Å²) in [5.41, 5.74) is 2.26. The van der Waals surface area contributed by atoms with E-state index in [1.165, 1.54) is 12.1 Å². The summed E-state index contributed by atoms with van der Waals surface area (Å²) in [6.07, 6.45) is 1.65. The van der Waals surface area contributed by atoms with Gasteiger partial charge in [-0.3, -0.25) is 4.79 Å². The van der Waals surface area contributed by atoms with E-state index in [9.17, 15) is 9.18 Å². The first kappa shape index (κ1) is 21.0. The van der Waals surface area contributed by atoms with Crippen LogP contribution in [0.5, 0.6) is 17.2 Å². The predicted molar refractivity (Wildman–Crippen MR) is 120 cm³/mol. The lowest BCUT2D eigenvalue weighted by Gasteiger charge is -2.20. The number of fused-ring (bicyclic) bond motifs is 2. The lowest BCUT2D eigenvalue weighted by Crippen LogP contribution is -2.12. The lowest BCUT2D eigenvalue weighted by molar-refractivity contribution is -0.0165. The van der Waals surface area contributed by atoms with E-state index in [-0.39, 0.29) is 35.5 Å². The standard InChI is InChI=1S/C24H15BrClFO5/c25-15-6-13(24-14(7-15)10-29-12-31-24)8-22-23(28)17-5-4-16(9-21(17)32-22)30-11-18-19(26)2-1-3-20(18)27/h1-9H,10-12H2/b22-8-. The van der Waals surface area contributed by atoms with E-state index in [1.807, 2.05) is 12.1 Å². The Morgan fingerprint density at radius 2 is 2.06 bits per heavy atom. The number of benzene rings is 3. The van der Waals surface area contributed by atoms with Crippen LogP contribution < -0.4 is 14.2 Å². The summed E-state index contributed by atoms with van der Waals surface area (Å²) in [4.78, 5) is 12.9. The molecule has 162 valence electrons. The number of carbonyl (C=O) groups excluding carboxylic acids is 1.